The molecule has 8 nitrogen and oxygen atoms in total. The topological polar surface area (TPSA) is 84.7 Å². The van der Waals surface area contributed by atoms with Gasteiger partial charge in [-0.15, -0.1) is 0 Å². The molecule has 2 unspecified atom stereocenters. The van der Waals surface area contributed by atoms with E-state index in [1.165, 1.54) is 8.99 Å². The van der Waals surface area contributed by atoms with Crippen molar-refractivity contribution in [2.45, 2.75) is 65.2 Å². The molecule has 2 atom stereocenters. The van der Waals surface area contributed by atoms with E-state index in [9.17, 15) is 13.2 Å². The number of rotatable bonds is 6. The average molecular weight is 537 g/mol. The van der Waals surface area contributed by atoms with Crippen molar-refractivity contribution in [3.63, 3.8) is 0 Å². The molecule has 0 amide bonds. The Balaban J connectivity index is 1.69. The van der Waals surface area contributed by atoms with Crippen molar-refractivity contribution in [2.75, 3.05) is 31.1 Å². The molecule has 2 aliphatic rings. The number of benzene rings is 1. The van der Waals surface area contributed by atoms with Crippen LogP contribution in [-0.2, 0) is 10.0 Å². The van der Waals surface area contributed by atoms with Gasteiger partial charge in [-0.1, -0.05) is 38.4 Å². The van der Waals surface area contributed by atoms with Crippen LogP contribution in [0.2, 0.25) is 5.02 Å². The number of piperazine rings is 1. The minimum Gasteiger partial charge on any atom is -0.483 e. The Morgan fingerprint density at radius 1 is 1.14 bits per heavy atom. The zero-order valence-electron chi connectivity index (χ0n) is 21.8. The summed E-state index contributed by atoms with van der Waals surface area (Å²) in [5.74, 6) is 0.754. The van der Waals surface area contributed by atoms with Gasteiger partial charge in [-0.2, -0.15) is 14.1 Å². The SMILES string of the molecule is CC1CC(Oc2c(N3CCN(S(=O)(=O)C(C)C)CC3)cnn(-c3cccc(Cl)c3)c2=O)CC(C)(C)C1. The van der Waals surface area contributed by atoms with E-state index in [4.69, 9.17) is 16.3 Å². The van der Waals surface area contributed by atoms with Crippen molar-refractivity contribution in [1.82, 2.24) is 14.1 Å². The Morgan fingerprint density at radius 3 is 2.44 bits per heavy atom. The molecule has 0 radical (unpaired) electrons. The van der Waals surface area contributed by atoms with Gasteiger partial charge in [-0.05, 0) is 62.6 Å². The fourth-order valence-corrected chi connectivity index (χ4v) is 7.01. The summed E-state index contributed by atoms with van der Waals surface area (Å²) in [6.07, 6.45) is 4.42. The standard InChI is InChI=1S/C26H37ClN4O4S/c1-18(2)36(33,34)30-11-9-29(10-12-30)23-17-28-31(21-8-6-7-20(27)14-21)25(32)24(23)35-22-13-19(3)15-26(4,5)16-22/h6-8,14,17-19,22H,9-13,15-16H2,1-5H3. The molecule has 0 spiro atoms. The molecule has 1 saturated carbocycles. The smallest absolute Gasteiger partial charge is 0.316 e. The maximum atomic E-state index is 13.8. The Kier molecular flexibility index (Phi) is 7.74. The van der Waals surface area contributed by atoms with Crippen LogP contribution in [0.1, 0.15) is 53.9 Å². The lowest BCUT2D eigenvalue weighted by Crippen LogP contribution is -2.51. The summed E-state index contributed by atoms with van der Waals surface area (Å²) in [4.78, 5) is 15.8. The molecule has 1 aromatic carbocycles. The molecule has 36 heavy (non-hydrogen) atoms. The summed E-state index contributed by atoms with van der Waals surface area (Å²) in [7, 11) is -3.33. The van der Waals surface area contributed by atoms with Gasteiger partial charge in [-0.25, -0.2) is 8.42 Å². The van der Waals surface area contributed by atoms with Crippen molar-refractivity contribution in [1.29, 1.82) is 0 Å². The van der Waals surface area contributed by atoms with Gasteiger partial charge in [0, 0.05) is 31.2 Å². The van der Waals surface area contributed by atoms with Gasteiger partial charge in [0.25, 0.3) is 0 Å². The zero-order chi connectivity index (χ0) is 26.3. The van der Waals surface area contributed by atoms with Gasteiger partial charge in [0.1, 0.15) is 5.69 Å². The first-order valence-electron chi connectivity index (χ1n) is 12.7. The maximum absolute atomic E-state index is 13.8. The van der Waals surface area contributed by atoms with Crippen LogP contribution >= 0.6 is 11.6 Å². The predicted octanol–water partition coefficient (Wildman–Crippen LogP) is 4.34. The highest BCUT2D eigenvalue weighted by Crippen LogP contribution is 2.40. The van der Waals surface area contributed by atoms with Gasteiger partial charge in [0.2, 0.25) is 15.8 Å². The predicted molar refractivity (Wildman–Crippen MR) is 144 cm³/mol. The molecule has 10 heteroatoms. The normalized spacial score (nSPS) is 23.1. The number of hydrogen-bond acceptors (Lipinski definition) is 6. The van der Waals surface area contributed by atoms with Crippen LogP contribution in [0.5, 0.6) is 5.75 Å². The lowest BCUT2D eigenvalue weighted by atomic mass is 9.71. The minimum absolute atomic E-state index is 0.0898. The molecule has 0 bridgehead atoms. The molecule has 1 aliphatic heterocycles. The molecule has 1 aliphatic carbocycles. The Labute approximate surface area is 219 Å². The highest BCUT2D eigenvalue weighted by atomic mass is 35.5. The van der Waals surface area contributed by atoms with Gasteiger partial charge in [0.05, 0.1) is 23.2 Å². The van der Waals surface area contributed by atoms with Gasteiger partial charge < -0.3 is 9.64 Å². The molecule has 1 aromatic heterocycles. The van der Waals surface area contributed by atoms with Crippen LogP contribution in [-0.4, -0.2) is 60.0 Å². The van der Waals surface area contributed by atoms with Gasteiger partial charge in [-0.3, -0.25) is 4.79 Å². The van der Waals surface area contributed by atoms with Crippen molar-refractivity contribution in [3.05, 3.63) is 45.8 Å². The second-order valence-electron chi connectivity index (χ2n) is 11.2. The third kappa shape index (κ3) is 5.73. The molecule has 2 fully saturated rings. The highest BCUT2D eigenvalue weighted by Gasteiger charge is 2.35. The van der Waals surface area contributed by atoms with Gasteiger partial charge >= 0.3 is 5.56 Å². The first-order chi connectivity index (χ1) is 16.9. The zero-order valence-corrected chi connectivity index (χ0v) is 23.3. The fourth-order valence-electron chi connectivity index (χ4n) is 5.55. The summed E-state index contributed by atoms with van der Waals surface area (Å²) in [5, 5.41) is 4.49. The van der Waals surface area contributed by atoms with E-state index in [0.717, 1.165) is 19.3 Å². The first kappa shape index (κ1) is 26.9. The molecule has 2 heterocycles. The first-order valence-corrected chi connectivity index (χ1v) is 14.5. The lowest BCUT2D eigenvalue weighted by molar-refractivity contribution is 0.0551. The van der Waals surface area contributed by atoms with Crippen molar-refractivity contribution in [3.8, 4) is 11.4 Å². The third-order valence-corrected chi connectivity index (χ3v) is 9.64. The Hall–Kier alpha value is -2.10. The maximum Gasteiger partial charge on any atom is 0.316 e. The summed E-state index contributed by atoms with van der Waals surface area (Å²) < 4.78 is 34.6. The van der Waals surface area contributed by atoms with Crippen LogP contribution in [0, 0.1) is 11.3 Å². The molecule has 1 saturated heterocycles. The number of hydrogen-bond donors (Lipinski definition) is 0. The number of aromatic nitrogens is 2. The van der Waals surface area contributed by atoms with Crippen LogP contribution < -0.4 is 15.2 Å². The number of ether oxygens (including phenoxy) is 1. The van der Waals surface area contributed by atoms with Gasteiger partial charge in [0.15, 0.2) is 0 Å². The van der Waals surface area contributed by atoms with Crippen molar-refractivity contribution < 1.29 is 13.2 Å². The van der Waals surface area contributed by atoms with E-state index < -0.39 is 15.3 Å². The summed E-state index contributed by atoms with van der Waals surface area (Å²) in [5.41, 5.74) is 0.950. The number of halogens is 1. The summed E-state index contributed by atoms with van der Waals surface area (Å²) >= 11 is 6.18. The van der Waals surface area contributed by atoms with Crippen molar-refractivity contribution in [2.24, 2.45) is 11.3 Å². The van der Waals surface area contributed by atoms with E-state index in [1.807, 2.05) is 4.90 Å². The Morgan fingerprint density at radius 2 is 1.83 bits per heavy atom. The number of sulfonamides is 1. The molecular weight excluding hydrogens is 500 g/mol. The minimum atomic E-state index is -3.33. The largest absolute Gasteiger partial charge is 0.483 e. The molecule has 2 aromatic rings. The molecule has 198 valence electrons. The average Bonchev–Trinajstić information content (AvgIpc) is 2.79. The van der Waals surface area contributed by atoms with E-state index in [1.54, 1.807) is 44.3 Å². The second kappa shape index (κ2) is 10.3. The summed E-state index contributed by atoms with van der Waals surface area (Å²) in [6, 6.07) is 7.00. The monoisotopic (exact) mass is 536 g/mol. The van der Waals surface area contributed by atoms with E-state index in [2.05, 4.69) is 25.9 Å². The number of anilines is 1. The van der Waals surface area contributed by atoms with Crippen LogP contribution in [0.3, 0.4) is 0 Å². The molecule has 4 rings (SSSR count). The second-order valence-corrected chi connectivity index (χ2v) is 14.1. The van der Waals surface area contributed by atoms with E-state index in [-0.39, 0.29) is 22.8 Å². The molecular formula is C26H37ClN4O4S. The van der Waals surface area contributed by atoms with Crippen LogP contribution in [0.25, 0.3) is 5.69 Å². The van der Waals surface area contributed by atoms with Crippen molar-refractivity contribution >= 4 is 27.3 Å². The van der Waals surface area contributed by atoms with E-state index >= 15 is 0 Å². The third-order valence-electron chi connectivity index (χ3n) is 7.13. The highest BCUT2D eigenvalue weighted by molar-refractivity contribution is 7.89. The van der Waals surface area contributed by atoms with Crippen LogP contribution in [0.4, 0.5) is 5.69 Å². The quantitative estimate of drug-likeness (QED) is 0.546. The van der Waals surface area contributed by atoms with Crippen LogP contribution in [0.15, 0.2) is 35.3 Å². The fraction of sp³-hybridized carbons (Fsp3) is 0.615. The Bertz CT molecular complexity index is 1250. The molecule has 0 N–H and O–H groups in total. The number of nitrogens with zero attached hydrogens (tertiary/aromatic N) is 4. The lowest BCUT2D eigenvalue weighted by Gasteiger charge is -2.40. The van der Waals surface area contributed by atoms with E-state index in [0.29, 0.717) is 48.5 Å². The summed E-state index contributed by atoms with van der Waals surface area (Å²) in [6.45, 7) is 11.7.